The molecule has 2 aromatic carbocycles. The Morgan fingerprint density at radius 1 is 1.03 bits per heavy atom. The molecule has 7 nitrogen and oxygen atoms in total. The average molecular weight is 431 g/mol. The Kier molecular flexibility index (Phi) is 4.93. The summed E-state index contributed by atoms with van der Waals surface area (Å²) in [7, 11) is 0. The highest BCUT2D eigenvalue weighted by Crippen LogP contribution is 2.41. The Morgan fingerprint density at radius 3 is 2.50 bits per heavy atom. The number of furan rings is 1. The quantitative estimate of drug-likeness (QED) is 0.382. The van der Waals surface area contributed by atoms with Crippen LogP contribution in [0.1, 0.15) is 28.5 Å². The number of carbonyl (C=O) groups is 2. The summed E-state index contributed by atoms with van der Waals surface area (Å²) < 4.78 is 16.6. The first-order valence-corrected chi connectivity index (χ1v) is 10.3. The van der Waals surface area contributed by atoms with E-state index in [2.05, 4.69) is 0 Å². The maximum absolute atomic E-state index is 13.1. The Hall–Kier alpha value is -4.00. The average Bonchev–Trinajstić information content (AvgIpc) is 3.41. The molecule has 2 aliphatic rings. The molecule has 1 saturated heterocycles. The van der Waals surface area contributed by atoms with Crippen LogP contribution in [0, 0.1) is 6.92 Å². The largest absolute Gasteiger partial charge is 0.507 e. The van der Waals surface area contributed by atoms with E-state index in [0.29, 0.717) is 36.0 Å². The summed E-state index contributed by atoms with van der Waals surface area (Å²) in [5.74, 6) is -0.0880. The van der Waals surface area contributed by atoms with Gasteiger partial charge < -0.3 is 23.9 Å². The molecule has 1 N–H and O–H groups in total. The van der Waals surface area contributed by atoms with Gasteiger partial charge in [0.15, 0.2) is 11.5 Å². The minimum Gasteiger partial charge on any atom is -0.507 e. The maximum atomic E-state index is 13.1. The standard InChI is InChI=1S/C25H21NO6/c1-15-4-6-16(7-5-15)22-21(24(28)25(29)26(22)14-18-3-2-10-30-18)23(27)17-8-9-19-20(13-17)32-12-11-31-19/h2-10,13,22,27H,11-12,14H2,1H3. The minimum atomic E-state index is -0.756. The maximum Gasteiger partial charge on any atom is 0.296 e. The zero-order chi connectivity index (χ0) is 22.2. The number of fused-ring (bicyclic) bond motifs is 1. The Balaban J connectivity index is 1.63. The molecule has 1 unspecified atom stereocenters. The normalized spacial score (nSPS) is 19.4. The SMILES string of the molecule is Cc1ccc(C2C(=C(O)c3ccc4c(c3)OCCO4)C(=O)C(=O)N2Cc2ccco2)cc1. The molecule has 0 spiro atoms. The molecule has 32 heavy (non-hydrogen) atoms. The van der Waals surface area contributed by atoms with E-state index in [4.69, 9.17) is 13.9 Å². The van der Waals surface area contributed by atoms with Crippen molar-refractivity contribution in [2.75, 3.05) is 13.2 Å². The lowest BCUT2D eigenvalue weighted by atomic mass is 9.94. The highest BCUT2D eigenvalue weighted by molar-refractivity contribution is 6.46. The molecule has 162 valence electrons. The predicted molar refractivity (Wildman–Crippen MR) is 115 cm³/mol. The van der Waals surface area contributed by atoms with E-state index >= 15 is 0 Å². The number of Topliss-reactive ketones (excluding diaryl/α,β-unsaturated/α-hetero) is 1. The van der Waals surface area contributed by atoms with Crippen LogP contribution in [0.3, 0.4) is 0 Å². The van der Waals surface area contributed by atoms with E-state index in [0.717, 1.165) is 11.1 Å². The van der Waals surface area contributed by atoms with Crippen LogP contribution in [0.25, 0.3) is 5.76 Å². The molecule has 1 aromatic heterocycles. The van der Waals surface area contributed by atoms with Crippen LogP contribution in [-0.4, -0.2) is 34.9 Å². The van der Waals surface area contributed by atoms with Crippen LogP contribution < -0.4 is 9.47 Å². The summed E-state index contributed by atoms with van der Waals surface area (Å²) in [6, 6.07) is 15.2. The topological polar surface area (TPSA) is 89.2 Å². The number of aliphatic hydroxyl groups excluding tert-OH is 1. The zero-order valence-corrected chi connectivity index (χ0v) is 17.4. The number of likely N-dealkylation sites (tertiary alicyclic amines) is 1. The van der Waals surface area contributed by atoms with Crippen molar-refractivity contribution in [3.8, 4) is 11.5 Å². The summed E-state index contributed by atoms with van der Waals surface area (Å²) in [5, 5.41) is 11.2. The number of ether oxygens (including phenoxy) is 2. The first kappa shape index (κ1) is 19.9. The van der Waals surface area contributed by atoms with Gasteiger partial charge in [-0.05, 0) is 42.8 Å². The summed E-state index contributed by atoms with van der Waals surface area (Å²) in [5.41, 5.74) is 2.17. The van der Waals surface area contributed by atoms with Crippen LogP contribution in [-0.2, 0) is 16.1 Å². The minimum absolute atomic E-state index is 0.0297. The van der Waals surface area contributed by atoms with Crippen LogP contribution >= 0.6 is 0 Å². The van der Waals surface area contributed by atoms with Crippen molar-refractivity contribution in [1.29, 1.82) is 0 Å². The van der Waals surface area contributed by atoms with Gasteiger partial charge in [-0.25, -0.2) is 0 Å². The van der Waals surface area contributed by atoms with Gasteiger partial charge in [-0.3, -0.25) is 9.59 Å². The number of hydrogen-bond donors (Lipinski definition) is 1. The van der Waals surface area contributed by atoms with Gasteiger partial charge >= 0.3 is 0 Å². The zero-order valence-electron chi connectivity index (χ0n) is 17.4. The summed E-state index contributed by atoms with van der Waals surface area (Å²) in [6.45, 7) is 2.91. The summed E-state index contributed by atoms with van der Waals surface area (Å²) in [4.78, 5) is 27.5. The molecule has 3 heterocycles. The van der Waals surface area contributed by atoms with E-state index < -0.39 is 17.7 Å². The highest BCUT2D eigenvalue weighted by atomic mass is 16.6. The van der Waals surface area contributed by atoms with Gasteiger partial charge in [0.05, 0.1) is 24.4 Å². The summed E-state index contributed by atoms with van der Waals surface area (Å²) >= 11 is 0. The van der Waals surface area contributed by atoms with Gasteiger partial charge in [0.2, 0.25) is 0 Å². The third-order valence-electron chi connectivity index (χ3n) is 5.65. The molecule has 1 amide bonds. The Labute approximate surface area is 184 Å². The molecular weight excluding hydrogens is 410 g/mol. The monoisotopic (exact) mass is 431 g/mol. The molecule has 0 aliphatic carbocycles. The molecular formula is C25H21NO6. The van der Waals surface area contributed by atoms with Gasteiger partial charge in [0.1, 0.15) is 24.7 Å². The number of aryl methyl sites for hydroxylation is 1. The molecule has 3 aromatic rings. The number of benzene rings is 2. The lowest BCUT2D eigenvalue weighted by molar-refractivity contribution is -0.140. The Bertz CT molecular complexity index is 1210. The fourth-order valence-corrected chi connectivity index (χ4v) is 4.05. The second-order valence-electron chi connectivity index (χ2n) is 7.78. The van der Waals surface area contributed by atoms with Crippen molar-refractivity contribution in [2.24, 2.45) is 0 Å². The fraction of sp³-hybridized carbons (Fsp3) is 0.200. The van der Waals surface area contributed by atoms with E-state index in [1.807, 2.05) is 31.2 Å². The number of hydrogen-bond acceptors (Lipinski definition) is 6. The first-order valence-electron chi connectivity index (χ1n) is 10.3. The summed E-state index contributed by atoms with van der Waals surface area (Å²) in [6.07, 6.45) is 1.52. The third-order valence-corrected chi connectivity index (χ3v) is 5.65. The lowest BCUT2D eigenvalue weighted by Gasteiger charge is -2.25. The highest BCUT2D eigenvalue weighted by Gasteiger charge is 2.46. The number of carbonyl (C=O) groups excluding carboxylic acids is 2. The number of ketones is 1. The van der Waals surface area contributed by atoms with Crippen LogP contribution in [0.15, 0.2) is 70.9 Å². The van der Waals surface area contributed by atoms with Gasteiger partial charge in [-0.2, -0.15) is 0 Å². The van der Waals surface area contributed by atoms with Crippen LogP contribution in [0.2, 0.25) is 0 Å². The predicted octanol–water partition coefficient (Wildman–Crippen LogP) is 3.98. The van der Waals surface area contributed by atoms with Crippen molar-refractivity contribution >= 4 is 17.4 Å². The molecule has 0 radical (unpaired) electrons. The second-order valence-corrected chi connectivity index (χ2v) is 7.78. The van der Waals surface area contributed by atoms with E-state index in [9.17, 15) is 14.7 Å². The first-order chi connectivity index (χ1) is 15.5. The lowest BCUT2D eigenvalue weighted by Crippen LogP contribution is -2.29. The third kappa shape index (κ3) is 3.41. The molecule has 0 bridgehead atoms. The number of aliphatic hydroxyl groups is 1. The van der Waals surface area contributed by atoms with Crippen molar-refractivity contribution in [3.05, 3.63) is 88.9 Å². The van der Waals surface area contributed by atoms with Crippen molar-refractivity contribution < 1.29 is 28.6 Å². The molecule has 2 aliphatic heterocycles. The van der Waals surface area contributed by atoms with Crippen LogP contribution in [0.4, 0.5) is 0 Å². The van der Waals surface area contributed by atoms with Crippen molar-refractivity contribution in [1.82, 2.24) is 4.90 Å². The molecule has 7 heteroatoms. The van der Waals surface area contributed by atoms with Gasteiger partial charge in [-0.1, -0.05) is 29.8 Å². The van der Waals surface area contributed by atoms with Crippen LogP contribution in [0.5, 0.6) is 11.5 Å². The van der Waals surface area contributed by atoms with Gasteiger partial charge in [-0.15, -0.1) is 0 Å². The number of nitrogens with zero attached hydrogens (tertiary/aromatic N) is 1. The van der Waals surface area contributed by atoms with E-state index in [1.54, 1.807) is 30.3 Å². The van der Waals surface area contributed by atoms with Gasteiger partial charge in [0.25, 0.3) is 11.7 Å². The Morgan fingerprint density at radius 2 is 1.78 bits per heavy atom. The smallest absolute Gasteiger partial charge is 0.296 e. The second kappa shape index (κ2) is 7.92. The van der Waals surface area contributed by atoms with E-state index in [-0.39, 0.29) is 17.9 Å². The number of rotatable bonds is 4. The molecule has 5 rings (SSSR count). The van der Waals surface area contributed by atoms with E-state index in [1.165, 1.54) is 11.2 Å². The van der Waals surface area contributed by atoms with Crippen molar-refractivity contribution in [2.45, 2.75) is 19.5 Å². The molecule has 1 atom stereocenters. The fourth-order valence-electron chi connectivity index (χ4n) is 4.05. The van der Waals surface area contributed by atoms with Gasteiger partial charge in [0, 0.05) is 5.56 Å². The molecule has 1 fully saturated rings. The molecule has 0 saturated carbocycles. The van der Waals surface area contributed by atoms with Crippen molar-refractivity contribution in [3.63, 3.8) is 0 Å². The number of amides is 1.